The Morgan fingerprint density at radius 1 is 1.39 bits per heavy atom. The van der Waals surface area contributed by atoms with Crippen molar-refractivity contribution < 1.29 is 14.3 Å². The van der Waals surface area contributed by atoms with Gasteiger partial charge in [-0.3, -0.25) is 4.79 Å². The van der Waals surface area contributed by atoms with Gasteiger partial charge < -0.3 is 10.8 Å². The highest BCUT2D eigenvalue weighted by Gasteiger charge is 2.13. The van der Waals surface area contributed by atoms with E-state index in [1.165, 1.54) is 23.5 Å². The average molecular weight is 265 g/mol. The third-order valence-corrected chi connectivity index (χ3v) is 3.76. The quantitative estimate of drug-likeness (QED) is 0.893. The molecule has 1 heterocycles. The lowest BCUT2D eigenvalue weighted by atomic mass is 10.1. The molecule has 0 saturated heterocycles. The molecule has 1 unspecified atom stereocenters. The summed E-state index contributed by atoms with van der Waals surface area (Å²) in [5, 5.41) is 8.68. The van der Waals surface area contributed by atoms with Gasteiger partial charge in [0.2, 0.25) is 0 Å². The zero-order valence-corrected chi connectivity index (χ0v) is 10.3. The fourth-order valence-corrected chi connectivity index (χ4v) is 2.64. The molecule has 0 radical (unpaired) electrons. The van der Waals surface area contributed by atoms with Gasteiger partial charge in [-0.15, -0.1) is 11.3 Å². The first kappa shape index (κ1) is 12.7. The Labute approximate surface area is 108 Å². The summed E-state index contributed by atoms with van der Waals surface area (Å²) in [6, 6.07) is 9.37. The van der Waals surface area contributed by atoms with Gasteiger partial charge in [0, 0.05) is 15.8 Å². The van der Waals surface area contributed by atoms with E-state index in [2.05, 4.69) is 0 Å². The Kier molecular flexibility index (Phi) is 3.74. The van der Waals surface area contributed by atoms with Crippen LogP contribution in [-0.4, -0.2) is 11.1 Å². The van der Waals surface area contributed by atoms with E-state index in [0.29, 0.717) is 0 Å². The van der Waals surface area contributed by atoms with Crippen molar-refractivity contribution in [3.05, 3.63) is 47.1 Å². The van der Waals surface area contributed by atoms with Gasteiger partial charge in [0.25, 0.3) is 0 Å². The van der Waals surface area contributed by atoms with Crippen molar-refractivity contribution in [2.24, 2.45) is 5.73 Å². The lowest BCUT2D eigenvalue weighted by Gasteiger charge is -2.04. The van der Waals surface area contributed by atoms with Crippen molar-refractivity contribution in [1.29, 1.82) is 0 Å². The summed E-state index contributed by atoms with van der Waals surface area (Å²) < 4.78 is 13.1. The van der Waals surface area contributed by atoms with E-state index in [1.807, 2.05) is 6.07 Å². The highest BCUT2D eigenvalue weighted by Crippen LogP contribution is 2.31. The summed E-state index contributed by atoms with van der Waals surface area (Å²) >= 11 is 1.39. The maximum absolute atomic E-state index is 13.1. The van der Waals surface area contributed by atoms with Crippen LogP contribution < -0.4 is 5.73 Å². The van der Waals surface area contributed by atoms with Crippen LogP contribution in [0.1, 0.15) is 17.3 Å². The maximum atomic E-state index is 13.1. The second-order valence-electron chi connectivity index (χ2n) is 3.92. The van der Waals surface area contributed by atoms with E-state index in [0.717, 1.165) is 15.3 Å². The molecule has 0 amide bonds. The number of hydrogen-bond acceptors (Lipinski definition) is 3. The van der Waals surface area contributed by atoms with Crippen molar-refractivity contribution >= 4 is 17.3 Å². The molecule has 1 aromatic heterocycles. The topological polar surface area (TPSA) is 63.3 Å². The normalized spacial score (nSPS) is 12.3. The van der Waals surface area contributed by atoms with Gasteiger partial charge in [-0.2, -0.15) is 0 Å². The highest BCUT2D eigenvalue weighted by atomic mass is 32.1. The molecule has 0 saturated carbocycles. The Hall–Kier alpha value is -1.72. The molecule has 2 rings (SSSR count). The second kappa shape index (κ2) is 5.29. The summed E-state index contributed by atoms with van der Waals surface area (Å²) in [6.07, 6.45) is -0.108. The molecule has 0 fully saturated rings. The number of carbonyl (C=O) groups is 1. The molecule has 18 heavy (non-hydrogen) atoms. The Morgan fingerprint density at radius 2 is 2.17 bits per heavy atom. The number of halogens is 1. The van der Waals surface area contributed by atoms with Crippen molar-refractivity contribution in [1.82, 2.24) is 0 Å². The van der Waals surface area contributed by atoms with E-state index in [-0.39, 0.29) is 12.2 Å². The fourth-order valence-electron chi connectivity index (χ4n) is 1.64. The van der Waals surface area contributed by atoms with Crippen LogP contribution in [0.4, 0.5) is 4.39 Å². The van der Waals surface area contributed by atoms with Crippen LogP contribution in [0.3, 0.4) is 0 Å². The number of thiophene rings is 1. The van der Waals surface area contributed by atoms with Gasteiger partial charge in [0.1, 0.15) is 5.82 Å². The minimum Gasteiger partial charge on any atom is -0.481 e. The van der Waals surface area contributed by atoms with Crippen LogP contribution in [0.15, 0.2) is 36.4 Å². The smallest absolute Gasteiger partial charge is 0.305 e. The molecule has 0 aliphatic carbocycles. The third kappa shape index (κ3) is 2.94. The summed E-state index contributed by atoms with van der Waals surface area (Å²) in [5.41, 5.74) is 6.54. The van der Waals surface area contributed by atoms with Crippen LogP contribution in [0.5, 0.6) is 0 Å². The number of aliphatic carboxylic acids is 1. The van der Waals surface area contributed by atoms with Crippen molar-refractivity contribution in [3.63, 3.8) is 0 Å². The molecule has 1 atom stereocenters. The lowest BCUT2D eigenvalue weighted by Crippen LogP contribution is -2.13. The molecule has 1 aromatic carbocycles. The van der Waals surface area contributed by atoms with Gasteiger partial charge in [0.05, 0.1) is 6.42 Å². The summed E-state index contributed by atoms with van der Waals surface area (Å²) in [5.74, 6) is -1.22. The number of carboxylic acids is 1. The van der Waals surface area contributed by atoms with Crippen LogP contribution >= 0.6 is 11.3 Å². The van der Waals surface area contributed by atoms with Gasteiger partial charge in [-0.25, -0.2) is 4.39 Å². The summed E-state index contributed by atoms with van der Waals surface area (Å²) in [4.78, 5) is 12.2. The van der Waals surface area contributed by atoms with Gasteiger partial charge in [-0.05, 0) is 29.8 Å². The second-order valence-corrected chi connectivity index (χ2v) is 5.03. The van der Waals surface area contributed by atoms with E-state index in [9.17, 15) is 9.18 Å². The van der Waals surface area contributed by atoms with Gasteiger partial charge in [0.15, 0.2) is 0 Å². The molecule has 3 nitrogen and oxygen atoms in total. The largest absolute Gasteiger partial charge is 0.481 e. The minimum absolute atomic E-state index is 0.108. The predicted molar refractivity (Wildman–Crippen MR) is 68.9 cm³/mol. The van der Waals surface area contributed by atoms with Crippen LogP contribution in [0.25, 0.3) is 10.4 Å². The standard InChI is InChI=1S/C13H12FNO2S/c14-9-3-1-2-8(6-9)11-4-5-12(18-11)10(15)7-13(16)17/h1-6,10H,7,15H2,(H,16,17). The SMILES string of the molecule is NC(CC(=O)O)c1ccc(-c2cccc(F)c2)s1. The zero-order valence-electron chi connectivity index (χ0n) is 9.47. The minimum atomic E-state index is -0.928. The average Bonchev–Trinajstić information content (AvgIpc) is 2.77. The van der Waals surface area contributed by atoms with Crippen molar-refractivity contribution in [2.75, 3.05) is 0 Å². The van der Waals surface area contributed by atoms with Crippen LogP contribution in [0.2, 0.25) is 0 Å². The van der Waals surface area contributed by atoms with Crippen molar-refractivity contribution in [3.8, 4) is 10.4 Å². The molecule has 0 spiro atoms. The first-order chi connectivity index (χ1) is 8.56. The highest BCUT2D eigenvalue weighted by molar-refractivity contribution is 7.15. The van der Waals surface area contributed by atoms with E-state index in [1.54, 1.807) is 18.2 Å². The maximum Gasteiger partial charge on any atom is 0.305 e. The Bertz CT molecular complexity index is 568. The summed E-state index contributed by atoms with van der Waals surface area (Å²) in [7, 11) is 0. The predicted octanol–water partition coefficient (Wildman–Crippen LogP) is 3.03. The number of benzene rings is 1. The van der Waals surface area contributed by atoms with Crippen LogP contribution in [-0.2, 0) is 4.79 Å². The molecule has 5 heteroatoms. The molecular formula is C13H12FNO2S. The van der Waals surface area contributed by atoms with E-state index < -0.39 is 12.0 Å². The number of nitrogens with two attached hydrogens (primary N) is 1. The molecule has 94 valence electrons. The molecule has 0 aliphatic heterocycles. The monoisotopic (exact) mass is 265 g/mol. The number of hydrogen-bond donors (Lipinski definition) is 2. The molecular weight excluding hydrogens is 253 g/mol. The molecule has 2 aromatic rings. The Morgan fingerprint density at radius 3 is 2.83 bits per heavy atom. The van der Waals surface area contributed by atoms with E-state index in [4.69, 9.17) is 10.8 Å². The summed E-state index contributed by atoms with van der Waals surface area (Å²) in [6.45, 7) is 0. The molecule has 0 bridgehead atoms. The number of rotatable bonds is 4. The lowest BCUT2D eigenvalue weighted by molar-refractivity contribution is -0.137. The van der Waals surface area contributed by atoms with Gasteiger partial charge in [-0.1, -0.05) is 12.1 Å². The zero-order chi connectivity index (χ0) is 13.1. The van der Waals surface area contributed by atoms with Crippen molar-refractivity contribution in [2.45, 2.75) is 12.5 Å². The first-order valence-electron chi connectivity index (χ1n) is 5.39. The van der Waals surface area contributed by atoms with E-state index >= 15 is 0 Å². The fraction of sp³-hybridized carbons (Fsp3) is 0.154. The first-order valence-corrected chi connectivity index (χ1v) is 6.21. The number of carboxylic acid groups (broad SMARTS) is 1. The van der Waals surface area contributed by atoms with Crippen LogP contribution in [0, 0.1) is 5.82 Å². The van der Waals surface area contributed by atoms with Gasteiger partial charge >= 0.3 is 5.97 Å². The molecule has 0 aliphatic rings. The third-order valence-electron chi connectivity index (χ3n) is 2.50. The Balaban J connectivity index is 2.22. The molecule has 3 N–H and O–H groups in total.